The summed E-state index contributed by atoms with van der Waals surface area (Å²) in [6.07, 6.45) is 2.07. The van der Waals surface area contributed by atoms with Crippen LogP contribution in [0, 0.1) is 0 Å². The molecule has 0 aromatic heterocycles. The van der Waals surface area contributed by atoms with Crippen molar-refractivity contribution in [2.24, 2.45) is 0 Å². The van der Waals surface area contributed by atoms with E-state index in [1.54, 1.807) is 18.2 Å². The number of carbonyl (C=O) groups excluding carboxylic acids is 4. The topological polar surface area (TPSA) is 129 Å². The minimum Gasteiger partial charge on any atom is -0.490 e. The Balaban J connectivity index is 1.01. The number of benzene rings is 2. The van der Waals surface area contributed by atoms with E-state index in [1.807, 2.05) is 45.0 Å². The highest BCUT2D eigenvalue weighted by atomic mass is 16.6. The molecular weight excluding hydrogens is 564 g/mol. The third kappa shape index (κ3) is 6.22. The molecule has 0 bridgehead atoms. The number of aliphatic hydroxyl groups is 1. The van der Waals surface area contributed by atoms with Crippen molar-refractivity contribution in [1.82, 2.24) is 15.1 Å². The number of imide groups is 2. The van der Waals surface area contributed by atoms with Crippen LogP contribution < -0.4 is 15.0 Å². The number of anilines is 1. The van der Waals surface area contributed by atoms with Gasteiger partial charge in [0.1, 0.15) is 17.9 Å². The van der Waals surface area contributed by atoms with Gasteiger partial charge in [-0.3, -0.25) is 34.3 Å². The number of hydrogen-bond acceptors (Lipinski definition) is 9. The summed E-state index contributed by atoms with van der Waals surface area (Å²) in [4.78, 5) is 55.9. The van der Waals surface area contributed by atoms with Crippen LogP contribution in [0.1, 0.15) is 85.4 Å². The molecule has 3 heterocycles. The number of nitrogens with zero attached hydrogens (tertiary/aromatic N) is 3. The van der Waals surface area contributed by atoms with Gasteiger partial charge in [0, 0.05) is 49.9 Å². The fourth-order valence-corrected chi connectivity index (χ4v) is 6.67. The third-order valence-electron chi connectivity index (χ3n) is 8.91. The van der Waals surface area contributed by atoms with Gasteiger partial charge < -0.3 is 19.5 Å². The first-order valence-corrected chi connectivity index (χ1v) is 15.4. The van der Waals surface area contributed by atoms with Gasteiger partial charge >= 0.3 is 0 Å². The summed E-state index contributed by atoms with van der Waals surface area (Å²) in [5, 5.41) is 12.6. The second-order valence-corrected chi connectivity index (χ2v) is 13.1. The molecule has 2 aromatic rings. The average molecular weight is 605 g/mol. The molecule has 3 aliphatic heterocycles. The van der Waals surface area contributed by atoms with Gasteiger partial charge in [0.05, 0.1) is 16.7 Å². The molecule has 0 radical (unpaired) electrons. The lowest BCUT2D eigenvalue weighted by Crippen LogP contribution is -2.54. The van der Waals surface area contributed by atoms with Gasteiger partial charge in [-0.25, -0.2) is 0 Å². The predicted molar refractivity (Wildman–Crippen MR) is 161 cm³/mol. The third-order valence-corrected chi connectivity index (χ3v) is 8.91. The molecule has 4 amide bonds. The summed E-state index contributed by atoms with van der Waals surface area (Å²) in [6.45, 7) is 9.46. The maximum atomic E-state index is 13.2. The minimum atomic E-state index is -0.985. The summed E-state index contributed by atoms with van der Waals surface area (Å²) < 4.78 is 12.0. The largest absolute Gasteiger partial charge is 0.490 e. The van der Waals surface area contributed by atoms with E-state index in [2.05, 4.69) is 15.1 Å². The summed E-state index contributed by atoms with van der Waals surface area (Å²) >= 11 is 0. The van der Waals surface area contributed by atoms with Crippen molar-refractivity contribution in [3.05, 3.63) is 59.2 Å². The van der Waals surface area contributed by atoms with Crippen molar-refractivity contribution in [2.75, 3.05) is 31.1 Å². The smallest absolute Gasteiger partial charge is 0.262 e. The van der Waals surface area contributed by atoms with Crippen LogP contribution in [0.5, 0.6) is 5.75 Å². The number of fused-ring (bicyclic) bond motifs is 1. The molecule has 1 saturated carbocycles. The number of piperazine rings is 1. The quantitative estimate of drug-likeness (QED) is 0.362. The molecule has 11 heteroatoms. The SMILES string of the molecule is CC(C)(C)OC(O)c1ccc(N2CCN([C@@H]3CC[C@H](Oc4ccc5c(c4)C(=O)N(C4CCC(=O)NC4=O)C5=O)C3)CC2)cc1. The van der Waals surface area contributed by atoms with Crippen molar-refractivity contribution in [1.29, 1.82) is 0 Å². The summed E-state index contributed by atoms with van der Waals surface area (Å²) in [7, 11) is 0. The van der Waals surface area contributed by atoms with E-state index < -0.39 is 41.6 Å². The van der Waals surface area contributed by atoms with Gasteiger partial charge in [0.25, 0.3) is 11.8 Å². The second kappa shape index (κ2) is 11.9. The van der Waals surface area contributed by atoms with Crippen molar-refractivity contribution >= 4 is 29.3 Å². The maximum absolute atomic E-state index is 13.2. The van der Waals surface area contributed by atoms with Crippen LogP contribution in [0.2, 0.25) is 0 Å². The van der Waals surface area contributed by atoms with Crippen molar-refractivity contribution < 1.29 is 33.8 Å². The lowest BCUT2D eigenvalue weighted by molar-refractivity contribution is -0.169. The van der Waals surface area contributed by atoms with Crippen LogP contribution in [-0.2, 0) is 14.3 Å². The van der Waals surface area contributed by atoms with Crippen LogP contribution in [0.15, 0.2) is 42.5 Å². The molecule has 4 atom stereocenters. The molecule has 2 saturated heterocycles. The molecule has 234 valence electrons. The molecular formula is C33H40N4O7. The monoisotopic (exact) mass is 604 g/mol. The number of carbonyl (C=O) groups is 4. The Morgan fingerprint density at radius 3 is 2.27 bits per heavy atom. The lowest BCUT2D eigenvalue weighted by Gasteiger charge is -2.39. The minimum absolute atomic E-state index is 0.00353. The first-order chi connectivity index (χ1) is 21.0. The number of ether oxygens (including phenoxy) is 2. The van der Waals surface area contributed by atoms with Crippen molar-refractivity contribution in [3.63, 3.8) is 0 Å². The van der Waals surface area contributed by atoms with E-state index in [1.165, 1.54) is 0 Å². The number of nitrogens with one attached hydrogen (secondary N) is 1. The number of rotatable bonds is 7. The summed E-state index contributed by atoms with van der Waals surface area (Å²) in [5.41, 5.74) is 1.92. The molecule has 2 unspecified atom stereocenters. The van der Waals surface area contributed by atoms with Gasteiger partial charge in [-0.05, 0) is 76.8 Å². The van der Waals surface area contributed by atoms with E-state index in [-0.39, 0.29) is 30.1 Å². The molecule has 4 aliphatic rings. The van der Waals surface area contributed by atoms with Gasteiger partial charge in [-0.15, -0.1) is 0 Å². The fourth-order valence-electron chi connectivity index (χ4n) is 6.67. The number of amides is 4. The molecule has 3 fully saturated rings. The Morgan fingerprint density at radius 2 is 1.59 bits per heavy atom. The Morgan fingerprint density at radius 1 is 0.886 bits per heavy atom. The predicted octanol–water partition coefficient (Wildman–Crippen LogP) is 3.02. The van der Waals surface area contributed by atoms with E-state index in [0.29, 0.717) is 11.8 Å². The summed E-state index contributed by atoms with van der Waals surface area (Å²) in [5.74, 6) is -1.54. The Labute approximate surface area is 257 Å². The molecule has 1 aliphatic carbocycles. The Bertz CT molecular complexity index is 1450. The first kappa shape index (κ1) is 30.2. The Hall–Kier alpha value is -3.80. The number of piperidine rings is 1. The van der Waals surface area contributed by atoms with E-state index >= 15 is 0 Å². The van der Waals surface area contributed by atoms with Crippen LogP contribution in [0.3, 0.4) is 0 Å². The van der Waals surface area contributed by atoms with Crippen LogP contribution in [-0.4, -0.2) is 88.5 Å². The zero-order valence-corrected chi connectivity index (χ0v) is 25.5. The molecule has 2 aromatic carbocycles. The maximum Gasteiger partial charge on any atom is 0.262 e. The fraction of sp³-hybridized carbons (Fsp3) is 0.515. The molecule has 44 heavy (non-hydrogen) atoms. The average Bonchev–Trinajstić information content (AvgIpc) is 3.54. The van der Waals surface area contributed by atoms with E-state index in [4.69, 9.17) is 9.47 Å². The highest BCUT2D eigenvalue weighted by Crippen LogP contribution is 2.34. The number of hydrogen-bond donors (Lipinski definition) is 2. The van der Waals surface area contributed by atoms with E-state index in [0.717, 1.165) is 61.6 Å². The second-order valence-electron chi connectivity index (χ2n) is 13.1. The normalized spacial score (nSPS) is 25.3. The molecule has 6 rings (SSSR count). The van der Waals surface area contributed by atoms with Crippen LogP contribution in [0.25, 0.3) is 0 Å². The molecule has 0 spiro atoms. The van der Waals surface area contributed by atoms with Crippen molar-refractivity contribution in [3.8, 4) is 5.75 Å². The highest BCUT2D eigenvalue weighted by Gasteiger charge is 2.45. The van der Waals surface area contributed by atoms with Crippen LogP contribution >= 0.6 is 0 Å². The molecule has 2 N–H and O–H groups in total. The highest BCUT2D eigenvalue weighted by molar-refractivity contribution is 6.23. The zero-order chi connectivity index (χ0) is 31.2. The summed E-state index contributed by atoms with van der Waals surface area (Å²) in [6, 6.07) is 12.3. The Kier molecular flexibility index (Phi) is 8.21. The standard InChI is InChI=1S/C33H40N4O7/c1-33(2,3)44-32(42)20-4-6-21(7-5-20)35-14-16-36(17-15-35)22-8-9-23(18-22)43-24-10-11-25-26(19-24)31(41)37(30(25)40)27-12-13-28(38)34-29(27)39/h4-7,10-11,19,22-23,27,32,42H,8-9,12-18H2,1-3H3,(H,34,38,39)/t22-,23+,27?,32?/m1/s1. The van der Waals surface area contributed by atoms with E-state index in [9.17, 15) is 24.3 Å². The lowest BCUT2D eigenvalue weighted by atomic mass is 10.0. The van der Waals surface area contributed by atoms with Crippen molar-refractivity contribution in [2.45, 2.75) is 83.0 Å². The van der Waals surface area contributed by atoms with Gasteiger partial charge in [0.2, 0.25) is 11.8 Å². The van der Waals surface area contributed by atoms with Gasteiger partial charge in [0.15, 0.2) is 6.29 Å². The number of aliphatic hydroxyl groups excluding tert-OH is 1. The zero-order valence-electron chi connectivity index (χ0n) is 25.5. The van der Waals surface area contributed by atoms with Gasteiger partial charge in [-0.2, -0.15) is 0 Å². The molecule has 11 nitrogen and oxygen atoms in total. The first-order valence-electron chi connectivity index (χ1n) is 15.4. The van der Waals surface area contributed by atoms with Gasteiger partial charge in [-0.1, -0.05) is 12.1 Å². The van der Waals surface area contributed by atoms with Crippen LogP contribution in [0.4, 0.5) is 5.69 Å².